The first-order valence-corrected chi connectivity index (χ1v) is 6.42. The number of nitrogens with one attached hydrogen (secondary N) is 1. The number of rotatable bonds is 4. The van der Waals surface area contributed by atoms with E-state index in [1.807, 2.05) is 6.92 Å². The van der Waals surface area contributed by atoms with E-state index in [1.165, 1.54) is 12.4 Å². The molecule has 1 saturated carbocycles. The van der Waals surface area contributed by atoms with Crippen molar-refractivity contribution in [1.29, 1.82) is 0 Å². The number of aliphatic carboxylic acids is 1. The summed E-state index contributed by atoms with van der Waals surface area (Å²) in [6.07, 6.45) is 5.14. The Morgan fingerprint density at radius 3 is 2.53 bits per heavy atom. The molecule has 1 heterocycles. The number of aromatic nitrogens is 2. The predicted molar refractivity (Wildman–Crippen MR) is 68.3 cm³/mol. The zero-order chi connectivity index (χ0) is 13.8. The van der Waals surface area contributed by atoms with Gasteiger partial charge in [-0.2, -0.15) is 0 Å². The number of nitrogens with zero attached hydrogens (tertiary/aromatic N) is 2. The fourth-order valence-electron chi connectivity index (χ4n) is 2.61. The van der Waals surface area contributed by atoms with Gasteiger partial charge in [0.25, 0.3) is 0 Å². The van der Waals surface area contributed by atoms with E-state index in [0.29, 0.717) is 18.8 Å². The van der Waals surface area contributed by atoms with Crippen LogP contribution in [-0.4, -0.2) is 27.0 Å². The average Bonchev–Trinajstić information content (AvgIpc) is 2.84. The molecule has 6 heteroatoms. The molecule has 1 unspecified atom stereocenters. The summed E-state index contributed by atoms with van der Waals surface area (Å²) in [7, 11) is 0. The highest BCUT2D eigenvalue weighted by Gasteiger charge is 2.42. The lowest BCUT2D eigenvalue weighted by Gasteiger charge is -2.14. The van der Waals surface area contributed by atoms with Gasteiger partial charge in [-0.05, 0) is 24.8 Å². The van der Waals surface area contributed by atoms with E-state index < -0.39 is 17.8 Å². The van der Waals surface area contributed by atoms with Crippen LogP contribution >= 0.6 is 0 Å². The van der Waals surface area contributed by atoms with Crippen LogP contribution in [0.25, 0.3) is 0 Å². The minimum Gasteiger partial charge on any atom is -0.481 e. The van der Waals surface area contributed by atoms with Gasteiger partial charge in [0.05, 0.1) is 11.8 Å². The van der Waals surface area contributed by atoms with Gasteiger partial charge < -0.3 is 5.11 Å². The molecule has 1 aliphatic carbocycles. The summed E-state index contributed by atoms with van der Waals surface area (Å²) in [4.78, 5) is 31.2. The normalized spacial score (nSPS) is 26.1. The summed E-state index contributed by atoms with van der Waals surface area (Å²) in [6.45, 7) is 2.02. The molecule has 0 aromatic carbocycles. The molecule has 1 aromatic rings. The third kappa shape index (κ3) is 3.07. The van der Waals surface area contributed by atoms with Crippen molar-refractivity contribution in [1.82, 2.24) is 9.97 Å². The largest absolute Gasteiger partial charge is 0.481 e. The van der Waals surface area contributed by atoms with Gasteiger partial charge in [0.2, 0.25) is 11.9 Å². The number of carbonyl (C=O) groups is 2. The third-order valence-electron chi connectivity index (χ3n) is 3.69. The van der Waals surface area contributed by atoms with Gasteiger partial charge in [0, 0.05) is 12.4 Å². The van der Waals surface area contributed by atoms with Crippen molar-refractivity contribution in [2.45, 2.75) is 26.2 Å². The van der Waals surface area contributed by atoms with Crippen molar-refractivity contribution < 1.29 is 14.7 Å². The summed E-state index contributed by atoms with van der Waals surface area (Å²) in [5, 5.41) is 11.8. The Morgan fingerprint density at radius 1 is 1.32 bits per heavy atom. The van der Waals surface area contributed by atoms with Crippen molar-refractivity contribution in [3.05, 3.63) is 18.5 Å². The van der Waals surface area contributed by atoms with Crippen molar-refractivity contribution in [2.75, 3.05) is 5.32 Å². The Morgan fingerprint density at radius 2 is 1.95 bits per heavy atom. The molecule has 19 heavy (non-hydrogen) atoms. The molecule has 102 valence electrons. The summed E-state index contributed by atoms with van der Waals surface area (Å²) in [5.41, 5.74) is 0. The summed E-state index contributed by atoms with van der Waals surface area (Å²) in [6, 6.07) is 1.65. The van der Waals surface area contributed by atoms with Gasteiger partial charge in [-0.25, -0.2) is 9.97 Å². The van der Waals surface area contributed by atoms with E-state index in [2.05, 4.69) is 15.3 Å². The number of carbonyl (C=O) groups excluding carboxylic acids is 1. The summed E-state index contributed by atoms with van der Waals surface area (Å²) >= 11 is 0. The Labute approximate surface area is 111 Å². The molecule has 0 saturated heterocycles. The van der Waals surface area contributed by atoms with Crippen LogP contribution in [0.5, 0.6) is 0 Å². The van der Waals surface area contributed by atoms with Crippen LogP contribution in [-0.2, 0) is 9.59 Å². The first-order chi connectivity index (χ1) is 9.11. The Bertz CT molecular complexity index is 463. The minimum absolute atomic E-state index is 0.219. The van der Waals surface area contributed by atoms with Crippen LogP contribution < -0.4 is 5.32 Å². The van der Waals surface area contributed by atoms with E-state index in [-0.39, 0.29) is 11.9 Å². The standard InChI is InChI=1S/C13H17N3O3/c1-2-8-6-9(10(7-8)12(18)19)11(17)16-13-14-4-3-5-15-13/h3-5,8-10H,2,6-7H2,1H3,(H,18,19)(H,14,15,16,17)/t8?,9-,10+/m0/s1. The maximum absolute atomic E-state index is 12.1. The topological polar surface area (TPSA) is 92.2 Å². The molecule has 0 bridgehead atoms. The molecule has 3 atom stereocenters. The van der Waals surface area contributed by atoms with Crippen LogP contribution in [0.1, 0.15) is 26.2 Å². The van der Waals surface area contributed by atoms with Gasteiger partial charge >= 0.3 is 5.97 Å². The average molecular weight is 263 g/mol. The van der Waals surface area contributed by atoms with Gasteiger partial charge in [0.15, 0.2) is 0 Å². The predicted octanol–water partition coefficient (Wildman–Crippen LogP) is 1.55. The molecular formula is C13H17N3O3. The molecule has 0 spiro atoms. The quantitative estimate of drug-likeness (QED) is 0.859. The molecule has 1 amide bonds. The zero-order valence-corrected chi connectivity index (χ0v) is 10.7. The van der Waals surface area contributed by atoms with Gasteiger partial charge in [0.1, 0.15) is 0 Å². The molecule has 0 radical (unpaired) electrons. The van der Waals surface area contributed by atoms with Crippen LogP contribution in [0, 0.1) is 17.8 Å². The van der Waals surface area contributed by atoms with Crippen molar-refractivity contribution in [3.8, 4) is 0 Å². The highest BCUT2D eigenvalue weighted by atomic mass is 16.4. The molecular weight excluding hydrogens is 246 g/mol. The number of hydrogen-bond acceptors (Lipinski definition) is 4. The molecule has 1 fully saturated rings. The number of amides is 1. The molecule has 0 aliphatic heterocycles. The lowest BCUT2D eigenvalue weighted by molar-refractivity contribution is -0.145. The number of carboxylic acids is 1. The lowest BCUT2D eigenvalue weighted by Crippen LogP contribution is -2.30. The first kappa shape index (κ1) is 13.5. The van der Waals surface area contributed by atoms with Crippen LogP contribution in [0.2, 0.25) is 0 Å². The smallest absolute Gasteiger partial charge is 0.307 e. The summed E-state index contributed by atoms with van der Waals surface area (Å²) < 4.78 is 0. The third-order valence-corrected chi connectivity index (χ3v) is 3.69. The molecule has 2 N–H and O–H groups in total. The summed E-state index contributed by atoms with van der Waals surface area (Å²) in [5.74, 6) is -1.77. The van der Waals surface area contributed by atoms with E-state index in [4.69, 9.17) is 0 Å². The van der Waals surface area contributed by atoms with E-state index in [1.54, 1.807) is 6.07 Å². The highest BCUT2D eigenvalue weighted by molar-refractivity contribution is 5.94. The zero-order valence-electron chi connectivity index (χ0n) is 10.7. The monoisotopic (exact) mass is 263 g/mol. The number of hydrogen-bond donors (Lipinski definition) is 2. The first-order valence-electron chi connectivity index (χ1n) is 6.42. The van der Waals surface area contributed by atoms with Crippen LogP contribution in [0.3, 0.4) is 0 Å². The van der Waals surface area contributed by atoms with Gasteiger partial charge in [-0.15, -0.1) is 0 Å². The fourth-order valence-corrected chi connectivity index (χ4v) is 2.61. The van der Waals surface area contributed by atoms with Crippen molar-refractivity contribution in [2.24, 2.45) is 17.8 Å². The van der Waals surface area contributed by atoms with Gasteiger partial charge in [-0.3, -0.25) is 14.9 Å². The molecule has 6 nitrogen and oxygen atoms in total. The Kier molecular flexibility index (Phi) is 4.09. The van der Waals surface area contributed by atoms with Gasteiger partial charge in [-0.1, -0.05) is 13.3 Å². The maximum atomic E-state index is 12.1. The maximum Gasteiger partial charge on any atom is 0.307 e. The van der Waals surface area contributed by atoms with E-state index in [9.17, 15) is 14.7 Å². The minimum atomic E-state index is -0.898. The number of carboxylic acid groups (broad SMARTS) is 1. The van der Waals surface area contributed by atoms with E-state index >= 15 is 0 Å². The van der Waals surface area contributed by atoms with Crippen LogP contribution in [0.15, 0.2) is 18.5 Å². The SMILES string of the molecule is CCC1C[C@H](C(=O)Nc2ncccn2)[C@H](C(=O)O)C1. The van der Waals surface area contributed by atoms with E-state index in [0.717, 1.165) is 6.42 Å². The highest BCUT2D eigenvalue weighted by Crippen LogP contribution is 2.38. The van der Waals surface area contributed by atoms with Crippen molar-refractivity contribution >= 4 is 17.8 Å². The van der Waals surface area contributed by atoms with Crippen LogP contribution in [0.4, 0.5) is 5.95 Å². The second kappa shape index (κ2) is 5.77. The Hall–Kier alpha value is -1.98. The Balaban J connectivity index is 2.07. The molecule has 2 rings (SSSR count). The second-order valence-corrected chi connectivity index (χ2v) is 4.86. The second-order valence-electron chi connectivity index (χ2n) is 4.86. The fraction of sp³-hybridized carbons (Fsp3) is 0.538. The molecule has 1 aromatic heterocycles. The lowest BCUT2D eigenvalue weighted by atomic mass is 9.95. The van der Waals surface area contributed by atoms with Crippen molar-refractivity contribution in [3.63, 3.8) is 0 Å². The molecule has 1 aliphatic rings. The number of anilines is 1.